The molecule has 1 rings (SSSR count). The van der Waals surface area contributed by atoms with E-state index in [4.69, 9.17) is 0 Å². The summed E-state index contributed by atoms with van der Waals surface area (Å²) in [6.45, 7) is 7.30. The highest BCUT2D eigenvalue weighted by molar-refractivity contribution is 5.65. The largest absolute Gasteiger partial charge is 0.316 e. The predicted octanol–water partition coefficient (Wildman–Crippen LogP) is 3.60. The molecule has 0 atom stereocenters. The Morgan fingerprint density at radius 1 is 1.11 bits per heavy atom. The number of rotatable bonds is 5. The average Bonchev–Trinajstić information content (AvgIpc) is 2.42. The third-order valence-electron chi connectivity index (χ3n) is 2.95. The molecule has 0 saturated heterocycles. The van der Waals surface area contributed by atoms with Crippen molar-refractivity contribution in [1.29, 1.82) is 0 Å². The Morgan fingerprint density at radius 2 is 1.78 bits per heavy atom. The number of aromatic nitrogens is 1. The zero-order valence-electron chi connectivity index (χ0n) is 11.7. The fraction of sp³-hybridized carbons (Fsp3) is 0.312. The molecule has 1 aromatic rings. The number of allylic oxidation sites excluding steroid dienone is 5. The van der Waals surface area contributed by atoms with Gasteiger partial charge in [0.15, 0.2) is 0 Å². The van der Waals surface area contributed by atoms with Crippen LogP contribution in [-0.2, 0) is 0 Å². The molecule has 1 N–H and O–H groups in total. The van der Waals surface area contributed by atoms with Crippen LogP contribution < -0.4 is 5.32 Å². The molecule has 96 valence electrons. The molecule has 0 aromatic carbocycles. The Bertz CT molecular complexity index is 453. The first-order valence-electron chi connectivity index (χ1n) is 6.22. The van der Waals surface area contributed by atoms with Gasteiger partial charge in [0.25, 0.3) is 0 Å². The number of nitrogens with zero attached hydrogens (tertiary/aromatic N) is 1. The Hall–Kier alpha value is -1.67. The molecule has 0 aliphatic heterocycles. The van der Waals surface area contributed by atoms with Crippen molar-refractivity contribution in [1.82, 2.24) is 10.3 Å². The first-order chi connectivity index (χ1) is 8.65. The molecule has 0 spiro atoms. The lowest BCUT2D eigenvalue weighted by Gasteiger charge is -2.02. The van der Waals surface area contributed by atoms with Crippen LogP contribution in [0.3, 0.4) is 0 Å². The molecule has 18 heavy (non-hydrogen) atoms. The molecular weight excluding hydrogens is 220 g/mol. The van der Waals surface area contributed by atoms with Crippen LogP contribution >= 0.6 is 0 Å². The maximum Gasteiger partial charge on any atom is 0.0273 e. The van der Waals surface area contributed by atoms with Crippen LogP contribution in [0.4, 0.5) is 0 Å². The van der Waals surface area contributed by atoms with E-state index in [1.807, 2.05) is 31.6 Å². The molecule has 0 saturated carbocycles. The number of likely N-dealkylation sites (N-methyl/N-ethyl adjacent to an activating group) is 1. The van der Waals surface area contributed by atoms with Gasteiger partial charge in [-0.15, -0.1) is 0 Å². The summed E-state index contributed by atoms with van der Waals surface area (Å²) in [6.07, 6.45) is 10.2. The maximum atomic E-state index is 4.03. The highest BCUT2D eigenvalue weighted by Gasteiger charge is 1.94. The highest BCUT2D eigenvalue weighted by atomic mass is 14.8. The van der Waals surface area contributed by atoms with Crippen LogP contribution in [-0.4, -0.2) is 18.6 Å². The summed E-state index contributed by atoms with van der Waals surface area (Å²) in [5, 5.41) is 3.12. The summed E-state index contributed by atoms with van der Waals surface area (Å²) in [7, 11) is 1.95. The summed E-state index contributed by atoms with van der Waals surface area (Å²) in [5.41, 5.74) is 5.06. The van der Waals surface area contributed by atoms with Crippen molar-refractivity contribution in [3.63, 3.8) is 0 Å². The van der Waals surface area contributed by atoms with Gasteiger partial charge >= 0.3 is 0 Å². The number of nitrogens with one attached hydrogen (secondary N) is 1. The zero-order chi connectivity index (χ0) is 13.4. The minimum Gasteiger partial charge on any atom is -0.316 e. The fourth-order valence-electron chi connectivity index (χ4n) is 1.51. The molecule has 1 aromatic heterocycles. The van der Waals surface area contributed by atoms with Crippen LogP contribution in [0.25, 0.3) is 5.57 Å². The smallest absolute Gasteiger partial charge is 0.0273 e. The van der Waals surface area contributed by atoms with E-state index in [0.29, 0.717) is 0 Å². The van der Waals surface area contributed by atoms with Gasteiger partial charge in [-0.1, -0.05) is 23.8 Å². The van der Waals surface area contributed by atoms with Crippen molar-refractivity contribution in [3.8, 4) is 0 Å². The average molecular weight is 242 g/mol. The number of hydrogen-bond donors (Lipinski definition) is 1. The molecule has 2 nitrogen and oxygen atoms in total. The monoisotopic (exact) mass is 242 g/mol. The molecule has 0 aliphatic rings. The van der Waals surface area contributed by atoms with E-state index in [0.717, 1.165) is 6.54 Å². The van der Waals surface area contributed by atoms with Crippen LogP contribution in [0.1, 0.15) is 26.3 Å². The lowest BCUT2D eigenvalue weighted by Crippen LogP contribution is -2.04. The van der Waals surface area contributed by atoms with E-state index in [9.17, 15) is 0 Å². The summed E-state index contributed by atoms with van der Waals surface area (Å²) in [5.74, 6) is 0. The second-order valence-corrected chi connectivity index (χ2v) is 4.38. The molecule has 0 aliphatic carbocycles. The Labute approximate surface area is 110 Å². The molecule has 2 heteroatoms. The van der Waals surface area contributed by atoms with E-state index in [-0.39, 0.29) is 0 Å². The minimum absolute atomic E-state index is 0.907. The normalized spacial score (nSPS) is 13.9. The van der Waals surface area contributed by atoms with E-state index in [2.05, 4.69) is 49.3 Å². The van der Waals surface area contributed by atoms with Crippen LogP contribution in [0.15, 0.2) is 53.9 Å². The van der Waals surface area contributed by atoms with E-state index in [1.54, 1.807) is 0 Å². The second kappa shape index (κ2) is 7.62. The van der Waals surface area contributed by atoms with Crippen molar-refractivity contribution in [3.05, 3.63) is 59.5 Å². The molecule has 0 radical (unpaired) electrons. The molecule has 0 unspecified atom stereocenters. The molecule has 0 amide bonds. The summed E-state index contributed by atoms with van der Waals surface area (Å²) in [6, 6.07) is 4.05. The molecule has 0 fully saturated rings. The van der Waals surface area contributed by atoms with Crippen molar-refractivity contribution in [2.45, 2.75) is 20.8 Å². The first kappa shape index (κ1) is 14.4. The van der Waals surface area contributed by atoms with Crippen LogP contribution in [0.2, 0.25) is 0 Å². The van der Waals surface area contributed by atoms with E-state index >= 15 is 0 Å². The predicted molar refractivity (Wildman–Crippen MR) is 79.3 cm³/mol. The first-order valence-corrected chi connectivity index (χ1v) is 6.22. The quantitative estimate of drug-likeness (QED) is 0.798. The van der Waals surface area contributed by atoms with Gasteiger partial charge < -0.3 is 5.32 Å². The molecular formula is C16H22N2. The maximum absolute atomic E-state index is 4.03. The SMILES string of the molecule is CNC/C=C(C)/C(C)=C/C=C(\C)c1ccncc1. The van der Waals surface area contributed by atoms with Gasteiger partial charge in [-0.3, -0.25) is 4.98 Å². The van der Waals surface area contributed by atoms with Crippen molar-refractivity contribution in [2.75, 3.05) is 13.6 Å². The third-order valence-corrected chi connectivity index (χ3v) is 2.95. The van der Waals surface area contributed by atoms with Gasteiger partial charge in [0.2, 0.25) is 0 Å². The summed E-state index contributed by atoms with van der Waals surface area (Å²) >= 11 is 0. The Balaban J connectivity index is 2.78. The fourth-order valence-corrected chi connectivity index (χ4v) is 1.51. The molecule has 0 bridgehead atoms. The number of hydrogen-bond acceptors (Lipinski definition) is 2. The van der Waals surface area contributed by atoms with Gasteiger partial charge in [0.1, 0.15) is 0 Å². The lowest BCUT2D eigenvalue weighted by molar-refractivity contribution is 0.913. The van der Waals surface area contributed by atoms with E-state index in [1.165, 1.54) is 22.3 Å². The van der Waals surface area contributed by atoms with Gasteiger partial charge in [-0.05, 0) is 56.7 Å². The van der Waals surface area contributed by atoms with Crippen LogP contribution in [0.5, 0.6) is 0 Å². The van der Waals surface area contributed by atoms with Gasteiger partial charge in [-0.25, -0.2) is 0 Å². The lowest BCUT2D eigenvalue weighted by atomic mass is 10.1. The molecule has 1 heterocycles. The zero-order valence-corrected chi connectivity index (χ0v) is 11.7. The number of pyridine rings is 1. The summed E-state index contributed by atoms with van der Waals surface area (Å²) < 4.78 is 0. The van der Waals surface area contributed by atoms with E-state index < -0.39 is 0 Å². The Kier molecular flexibility index (Phi) is 6.09. The highest BCUT2D eigenvalue weighted by Crippen LogP contribution is 2.14. The Morgan fingerprint density at radius 3 is 2.39 bits per heavy atom. The minimum atomic E-state index is 0.907. The van der Waals surface area contributed by atoms with Crippen molar-refractivity contribution >= 4 is 5.57 Å². The summed E-state index contributed by atoms with van der Waals surface area (Å²) in [4.78, 5) is 4.03. The standard InChI is InChI=1S/C16H22N2/c1-13(14(2)7-10-17-4)5-6-15(3)16-8-11-18-12-9-16/h5-9,11-12,17H,10H2,1-4H3/b13-5+,14-7+,15-6+. The van der Waals surface area contributed by atoms with Crippen LogP contribution in [0, 0.1) is 0 Å². The van der Waals surface area contributed by atoms with Crippen molar-refractivity contribution < 1.29 is 0 Å². The van der Waals surface area contributed by atoms with Gasteiger partial charge in [-0.2, -0.15) is 0 Å². The van der Waals surface area contributed by atoms with Gasteiger partial charge in [0, 0.05) is 18.9 Å². The second-order valence-electron chi connectivity index (χ2n) is 4.38. The topological polar surface area (TPSA) is 24.9 Å². The van der Waals surface area contributed by atoms with Crippen molar-refractivity contribution in [2.24, 2.45) is 0 Å². The third kappa shape index (κ3) is 4.68. The van der Waals surface area contributed by atoms with Gasteiger partial charge in [0.05, 0.1) is 0 Å².